The second kappa shape index (κ2) is 17.3. The zero-order valence-corrected chi connectivity index (χ0v) is 37.0. The first kappa shape index (κ1) is 43.6. The molecule has 0 bridgehead atoms. The Kier molecular flexibility index (Phi) is 12.6. The molecule has 1 unspecified atom stereocenters. The number of nitrogens with zero attached hydrogens (tertiary/aromatic N) is 5. The summed E-state index contributed by atoms with van der Waals surface area (Å²) in [6, 6.07) is 17.6. The predicted octanol–water partition coefficient (Wildman–Crippen LogP) is 9.62. The van der Waals surface area contributed by atoms with Gasteiger partial charge in [-0.2, -0.15) is 5.10 Å². The average Bonchev–Trinajstić information content (AvgIpc) is 3.73. The molecule has 0 fully saturated rings. The van der Waals surface area contributed by atoms with Crippen molar-refractivity contribution in [3.8, 4) is 11.5 Å². The number of esters is 1. The van der Waals surface area contributed by atoms with Crippen LogP contribution in [0, 0.1) is 20.4 Å². The molecular formula is C48H59N7O5. The van der Waals surface area contributed by atoms with Gasteiger partial charge in [0, 0.05) is 35.3 Å². The Bertz CT molecular complexity index is 2380. The van der Waals surface area contributed by atoms with Gasteiger partial charge < -0.3 is 24.8 Å². The summed E-state index contributed by atoms with van der Waals surface area (Å²) < 4.78 is 19.5. The molecule has 6 rings (SSSR count). The van der Waals surface area contributed by atoms with Crippen molar-refractivity contribution in [2.75, 3.05) is 32.2 Å². The van der Waals surface area contributed by atoms with Crippen molar-refractivity contribution in [3.63, 3.8) is 0 Å². The van der Waals surface area contributed by atoms with Crippen molar-refractivity contribution in [1.82, 2.24) is 20.1 Å². The van der Waals surface area contributed by atoms with E-state index in [2.05, 4.69) is 99.2 Å². The molecule has 3 aromatic carbocycles. The van der Waals surface area contributed by atoms with Gasteiger partial charge in [0.25, 0.3) is 0 Å². The molecule has 1 aromatic heterocycles. The van der Waals surface area contributed by atoms with E-state index in [-0.39, 0.29) is 51.8 Å². The van der Waals surface area contributed by atoms with Crippen molar-refractivity contribution in [2.24, 2.45) is 4.99 Å². The molecule has 1 amide bonds. The smallest absolute Gasteiger partial charge is 0.338 e. The standard InChI is InChI=1S/C48H59N7O5/c1-13-46(5,6)33-20-21-38(35(24-33)47(7,8)14-2)59-23-15-22-50-44(56)40-41(49-11)43(55-42(40)51-30(4)54-55)52-37-25-34-32(27-48(9,10)53-36(34)26-39(37)58-12)28-60-45(57)31-18-16-29(3)17-19-31/h16-21,24-26,32,53H,13-15,22-23,27-28H2,1-10,12H3,(H,50,56). The van der Waals surface area contributed by atoms with Crippen molar-refractivity contribution >= 4 is 34.7 Å². The number of carbonyl (C=O) groups is 2. The molecule has 12 heteroatoms. The van der Waals surface area contributed by atoms with Gasteiger partial charge in [-0.15, -0.1) is 0 Å². The summed E-state index contributed by atoms with van der Waals surface area (Å²) in [6.07, 6.45) is 3.22. The number of benzene rings is 3. The third-order valence-corrected chi connectivity index (χ3v) is 12.0. The Morgan fingerprint density at radius 1 is 1.02 bits per heavy atom. The third-order valence-electron chi connectivity index (χ3n) is 12.0. The minimum atomic E-state index is -0.446. The number of methoxy groups -OCH3 is 1. The van der Waals surface area contributed by atoms with E-state index in [4.69, 9.17) is 25.8 Å². The van der Waals surface area contributed by atoms with Crippen LogP contribution >= 0.6 is 0 Å². The van der Waals surface area contributed by atoms with Gasteiger partial charge in [0.05, 0.1) is 38.0 Å². The highest BCUT2D eigenvalue weighted by Gasteiger charge is 2.37. The molecule has 3 heterocycles. The minimum absolute atomic E-state index is 0.0305. The summed E-state index contributed by atoms with van der Waals surface area (Å²) in [7, 11) is 1.56. The van der Waals surface area contributed by atoms with Crippen molar-refractivity contribution < 1.29 is 23.8 Å². The number of fused-ring (bicyclic) bond motifs is 2. The van der Waals surface area contributed by atoms with Crippen LogP contribution in [0.4, 0.5) is 11.4 Å². The lowest BCUT2D eigenvalue weighted by atomic mass is 9.76. The summed E-state index contributed by atoms with van der Waals surface area (Å²) in [6.45, 7) is 30.4. The van der Waals surface area contributed by atoms with E-state index < -0.39 is 11.9 Å². The molecule has 0 saturated heterocycles. The van der Waals surface area contributed by atoms with Crippen LogP contribution in [0.1, 0.15) is 131 Å². The lowest BCUT2D eigenvalue weighted by Gasteiger charge is -2.39. The maximum absolute atomic E-state index is 13.9. The zero-order chi connectivity index (χ0) is 43.6. The quantitative estimate of drug-likeness (QED) is 0.0689. The number of aryl methyl sites for hydroxylation is 2. The van der Waals surface area contributed by atoms with Crippen LogP contribution in [0.25, 0.3) is 10.4 Å². The fraction of sp³-hybridized carbons (Fsp3) is 0.458. The van der Waals surface area contributed by atoms with Gasteiger partial charge in [0.2, 0.25) is 11.6 Å². The van der Waals surface area contributed by atoms with E-state index in [0.29, 0.717) is 48.8 Å². The topological polar surface area (TPSA) is 133 Å². The van der Waals surface area contributed by atoms with Gasteiger partial charge in [-0.25, -0.2) is 24.3 Å². The van der Waals surface area contributed by atoms with Crippen LogP contribution in [0.5, 0.6) is 11.5 Å². The number of amides is 1. The average molecular weight is 814 g/mol. The summed E-state index contributed by atoms with van der Waals surface area (Å²) in [5, 5.41) is 11.1. The van der Waals surface area contributed by atoms with E-state index in [0.717, 1.165) is 35.4 Å². The summed E-state index contributed by atoms with van der Waals surface area (Å²) in [5.74, 6) is 1.15. The largest absolute Gasteiger partial charge is 0.494 e. The first-order chi connectivity index (χ1) is 28.4. The molecule has 2 aliphatic heterocycles. The molecule has 316 valence electrons. The van der Waals surface area contributed by atoms with Crippen LogP contribution < -0.4 is 20.1 Å². The fourth-order valence-corrected chi connectivity index (χ4v) is 7.64. The molecule has 12 nitrogen and oxygen atoms in total. The molecule has 0 saturated carbocycles. The Morgan fingerprint density at radius 3 is 2.40 bits per heavy atom. The van der Waals surface area contributed by atoms with Gasteiger partial charge >= 0.3 is 5.97 Å². The molecule has 0 spiro atoms. The van der Waals surface area contributed by atoms with Gasteiger partial charge in [0.1, 0.15) is 23.0 Å². The number of ether oxygens (including phenoxy) is 3. The number of hydrogen-bond acceptors (Lipinski definition) is 9. The van der Waals surface area contributed by atoms with Crippen LogP contribution in [0.3, 0.4) is 0 Å². The molecule has 4 aromatic rings. The minimum Gasteiger partial charge on any atom is -0.494 e. The van der Waals surface area contributed by atoms with Crippen molar-refractivity contribution in [2.45, 2.75) is 117 Å². The highest BCUT2D eigenvalue weighted by molar-refractivity contribution is 6.30. The van der Waals surface area contributed by atoms with Crippen LogP contribution in [-0.4, -0.2) is 64.9 Å². The van der Waals surface area contributed by atoms with E-state index in [1.807, 2.05) is 31.2 Å². The van der Waals surface area contributed by atoms with Crippen LogP contribution in [0.15, 0.2) is 65.3 Å². The number of carbonyl (C=O) groups excluding carboxylic acids is 2. The van der Waals surface area contributed by atoms with Crippen molar-refractivity contribution in [1.29, 1.82) is 0 Å². The summed E-state index contributed by atoms with van der Waals surface area (Å²) in [4.78, 5) is 40.2. The number of aromatic nitrogens is 3. The first-order valence-corrected chi connectivity index (χ1v) is 20.9. The molecule has 2 N–H and O–H groups in total. The van der Waals surface area contributed by atoms with Gasteiger partial charge in [-0.05, 0) is 99.6 Å². The second-order valence-electron chi connectivity index (χ2n) is 17.8. The van der Waals surface area contributed by atoms with Crippen LogP contribution in [-0.2, 0) is 20.4 Å². The number of anilines is 1. The third kappa shape index (κ3) is 9.10. The summed E-state index contributed by atoms with van der Waals surface area (Å²) >= 11 is 0. The lowest BCUT2D eigenvalue weighted by molar-refractivity contribution is -0.115. The SMILES string of the molecule is [C-]#[N+]C1=C(C(=O)NCCCOc2ccc(C(C)(C)CC)cc2C(C)(C)CC)c2nc(C)nn2C1=Nc1cc2c(cc1OC)NC(C)(C)CC2COC(=O)c1ccc(C)cc1. The second-order valence-corrected chi connectivity index (χ2v) is 17.8. The van der Waals surface area contributed by atoms with Crippen molar-refractivity contribution in [3.05, 3.63) is 111 Å². The zero-order valence-electron chi connectivity index (χ0n) is 37.0. The normalized spacial score (nSPS) is 16.4. The van der Waals surface area contributed by atoms with E-state index in [1.165, 1.54) is 15.8 Å². The molecule has 60 heavy (non-hydrogen) atoms. The number of rotatable bonds is 15. The fourth-order valence-electron chi connectivity index (χ4n) is 7.64. The maximum atomic E-state index is 13.9. The molecule has 1 atom stereocenters. The number of aliphatic imine (C=N–C) groups is 1. The maximum Gasteiger partial charge on any atom is 0.338 e. The Hall–Kier alpha value is -5.96. The van der Waals surface area contributed by atoms with Gasteiger partial charge in [-0.1, -0.05) is 71.4 Å². The van der Waals surface area contributed by atoms with Gasteiger partial charge in [-0.3, -0.25) is 4.79 Å². The van der Waals surface area contributed by atoms with Crippen LogP contribution in [0.2, 0.25) is 0 Å². The molecule has 0 radical (unpaired) electrons. The monoisotopic (exact) mass is 813 g/mol. The summed E-state index contributed by atoms with van der Waals surface area (Å²) in [5.41, 5.74) is 5.99. The lowest BCUT2D eigenvalue weighted by Crippen LogP contribution is -2.38. The van der Waals surface area contributed by atoms with E-state index in [9.17, 15) is 9.59 Å². The molecule has 2 aliphatic rings. The van der Waals surface area contributed by atoms with E-state index >= 15 is 0 Å². The van der Waals surface area contributed by atoms with E-state index in [1.54, 1.807) is 26.2 Å². The van der Waals surface area contributed by atoms with Gasteiger partial charge in [0.15, 0.2) is 11.7 Å². The Morgan fingerprint density at radius 2 is 1.73 bits per heavy atom. The number of allylic oxidation sites excluding steroid dienone is 1. The highest BCUT2D eigenvalue weighted by atomic mass is 16.5. The first-order valence-electron chi connectivity index (χ1n) is 20.9. The predicted molar refractivity (Wildman–Crippen MR) is 236 cm³/mol. The number of nitrogens with one attached hydrogen (secondary N) is 2. The number of hydrogen-bond donors (Lipinski definition) is 2. The highest BCUT2D eigenvalue weighted by Crippen LogP contribution is 2.45. The Labute approximate surface area is 354 Å². The molecular weight excluding hydrogens is 755 g/mol. The Balaban J connectivity index is 1.23. The molecule has 0 aliphatic carbocycles.